The van der Waals surface area contributed by atoms with Crippen molar-refractivity contribution in [3.05, 3.63) is 18.2 Å². The lowest BCUT2D eigenvalue weighted by Crippen LogP contribution is -2.14. The van der Waals surface area contributed by atoms with Gasteiger partial charge in [0, 0.05) is 17.2 Å². The van der Waals surface area contributed by atoms with Crippen molar-refractivity contribution >= 4 is 28.0 Å². The Morgan fingerprint density at radius 3 is 2.44 bits per heavy atom. The molecule has 0 aliphatic carbocycles. The molecule has 6 heteroatoms. The number of anilines is 1. The van der Waals surface area contributed by atoms with Gasteiger partial charge in [-0.25, -0.2) is 8.42 Å². The van der Waals surface area contributed by atoms with Gasteiger partial charge in [-0.3, -0.25) is 0 Å². The second-order valence-corrected chi connectivity index (χ2v) is 9.56. The standard InChI is InChI=1S/C12H16NO3PS/c1-5-8-13-11-7-6-10(18(4,15)16)9-12(11)17(2,3)14/h1,6-7,9,13H,8H2,2-4H3. The van der Waals surface area contributed by atoms with Gasteiger partial charge in [-0.1, -0.05) is 5.92 Å². The van der Waals surface area contributed by atoms with E-state index in [1.54, 1.807) is 19.4 Å². The van der Waals surface area contributed by atoms with E-state index in [4.69, 9.17) is 6.42 Å². The molecule has 0 fully saturated rings. The fraction of sp³-hybridized carbons (Fsp3) is 0.333. The molecule has 0 heterocycles. The van der Waals surface area contributed by atoms with Gasteiger partial charge in [0.25, 0.3) is 0 Å². The predicted octanol–water partition coefficient (Wildman–Crippen LogP) is 1.38. The molecule has 1 N–H and O–H groups in total. The molecule has 1 rings (SSSR count). The summed E-state index contributed by atoms with van der Waals surface area (Å²) in [5.74, 6) is 2.42. The summed E-state index contributed by atoms with van der Waals surface area (Å²) in [4.78, 5) is 0.160. The maximum atomic E-state index is 12.2. The molecular formula is C12H16NO3PS. The van der Waals surface area contributed by atoms with Crippen LogP contribution in [-0.4, -0.2) is 34.5 Å². The number of hydrogen-bond donors (Lipinski definition) is 1. The summed E-state index contributed by atoms with van der Waals surface area (Å²) in [6, 6.07) is 4.53. The highest BCUT2D eigenvalue weighted by atomic mass is 32.2. The summed E-state index contributed by atoms with van der Waals surface area (Å²) in [6.45, 7) is 3.48. The van der Waals surface area contributed by atoms with E-state index in [2.05, 4.69) is 11.2 Å². The van der Waals surface area contributed by atoms with Crippen LogP contribution in [0.25, 0.3) is 0 Å². The Morgan fingerprint density at radius 2 is 2.00 bits per heavy atom. The minimum atomic E-state index is -3.31. The van der Waals surface area contributed by atoms with Gasteiger partial charge in [-0.2, -0.15) is 0 Å². The molecule has 0 aliphatic rings. The molecule has 0 unspecified atom stereocenters. The van der Waals surface area contributed by atoms with Crippen molar-refractivity contribution < 1.29 is 13.0 Å². The molecule has 0 saturated carbocycles. The number of nitrogens with one attached hydrogen (secondary N) is 1. The summed E-state index contributed by atoms with van der Waals surface area (Å²) < 4.78 is 35.2. The first kappa shape index (κ1) is 14.8. The third kappa shape index (κ3) is 3.63. The molecule has 18 heavy (non-hydrogen) atoms. The second kappa shape index (κ2) is 5.17. The SMILES string of the molecule is C#CCNc1ccc(S(C)(=O)=O)cc1P(C)(C)=O. The average Bonchev–Trinajstić information content (AvgIpc) is 2.23. The van der Waals surface area contributed by atoms with Gasteiger partial charge < -0.3 is 9.88 Å². The van der Waals surface area contributed by atoms with Gasteiger partial charge in [-0.05, 0) is 31.5 Å². The Hall–Kier alpha value is -1.24. The Morgan fingerprint density at radius 1 is 1.39 bits per heavy atom. The van der Waals surface area contributed by atoms with Crippen molar-refractivity contribution in [1.29, 1.82) is 0 Å². The highest BCUT2D eigenvalue weighted by Crippen LogP contribution is 2.38. The number of rotatable bonds is 4. The maximum Gasteiger partial charge on any atom is 0.175 e. The normalized spacial score (nSPS) is 11.9. The van der Waals surface area contributed by atoms with Crippen LogP contribution in [0.15, 0.2) is 23.1 Å². The van der Waals surface area contributed by atoms with E-state index in [1.807, 2.05) is 0 Å². The Labute approximate surface area is 108 Å². The summed E-state index contributed by atoms with van der Waals surface area (Å²) >= 11 is 0. The first-order valence-electron chi connectivity index (χ1n) is 5.23. The highest BCUT2D eigenvalue weighted by molar-refractivity contribution is 7.90. The predicted molar refractivity (Wildman–Crippen MR) is 76.0 cm³/mol. The molecule has 0 aliphatic heterocycles. The highest BCUT2D eigenvalue weighted by Gasteiger charge is 2.19. The average molecular weight is 285 g/mol. The van der Waals surface area contributed by atoms with E-state index >= 15 is 0 Å². The molecule has 0 amide bonds. The van der Waals surface area contributed by atoms with Crippen LogP contribution in [0.2, 0.25) is 0 Å². The van der Waals surface area contributed by atoms with Gasteiger partial charge in [-0.15, -0.1) is 6.42 Å². The van der Waals surface area contributed by atoms with Crippen molar-refractivity contribution in [1.82, 2.24) is 0 Å². The van der Waals surface area contributed by atoms with E-state index in [0.717, 1.165) is 6.26 Å². The molecule has 0 spiro atoms. The quantitative estimate of drug-likeness (QED) is 0.670. The van der Waals surface area contributed by atoms with E-state index in [-0.39, 0.29) is 4.90 Å². The zero-order valence-corrected chi connectivity index (χ0v) is 12.3. The first-order chi connectivity index (χ1) is 8.16. The lowest BCUT2D eigenvalue weighted by Gasteiger charge is -2.15. The third-order valence-corrected chi connectivity index (χ3v) is 5.00. The number of hydrogen-bond acceptors (Lipinski definition) is 4. The van der Waals surface area contributed by atoms with Crippen molar-refractivity contribution in [2.45, 2.75) is 4.90 Å². The number of sulfone groups is 1. The molecule has 1 aromatic rings. The molecule has 0 bridgehead atoms. The summed E-state index contributed by atoms with van der Waals surface area (Å²) in [6.07, 6.45) is 6.28. The fourth-order valence-corrected chi connectivity index (χ4v) is 3.40. The molecule has 0 saturated heterocycles. The Balaban J connectivity index is 3.40. The van der Waals surface area contributed by atoms with Gasteiger partial charge in [0.15, 0.2) is 9.84 Å². The van der Waals surface area contributed by atoms with Crippen LogP contribution in [-0.2, 0) is 14.4 Å². The van der Waals surface area contributed by atoms with E-state index in [1.165, 1.54) is 12.1 Å². The molecule has 4 nitrogen and oxygen atoms in total. The van der Waals surface area contributed by atoms with Crippen LogP contribution in [0.5, 0.6) is 0 Å². The van der Waals surface area contributed by atoms with Crippen LogP contribution in [0.4, 0.5) is 5.69 Å². The van der Waals surface area contributed by atoms with E-state index in [9.17, 15) is 13.0 Å². The number of benzene rings is 1. The van der Waals surface area contributed by atoms with Crippen LogP contribution >= 0.6 is 7.14 Å². The molecular weight excluding hydrogens is 269 g/mol. The van der Waals surface area contributed by atoms with Gasteiger partial charge in [0.2, 0.25) is 0 Å². The zero-order valence-electron chi connectivity index (χ0n) is 10.6. The second-order valence-electron chi connectivity index (χ2n) is 4.36. The largest absolute Gasteiger partial charge is 0.374 e. The molecule has 0 aromatic heterocycles. The smallest absolute Gasteiger partial charge is 0.175 e. The van der Waals surface area contributed by atoms with E-state index < -0.39 is 17.0 Å². The molecule has 0 radical (unpaired) electrons. The monoisotopic (exact) mass is 285 g/mol. The van der Waals surface area contributed by atoms with Crippen molar-refractivity contribution in [3.8, 4) is 12.3 Å². The van der Waals surface area contributed by atoms with E-state index in [0.29, 0.717) is 17.5 Å². The van der Waals surface area contributed by atoms with Gasteiger partial charge in [0.1, 0.15) is 7.14 Å². The topological polar surface area (TPSA) is 63.2 Å². The zero-order chi connectivity index (χ0) is 14.0. The first-order valence-corrected chi connectivity index (χ1v) is 9.72. The lowest BCUT2D eigenvalue weighted by molar-refractivity contribution is 0.588. The number of terminal acetylenes is 1. The van der Waals surface area contributed by atoms with Crippen LogP contribution in [0.3, 0.4) is 0 Å². The summed E-state index contributed by atoms with van der Waals surface area (Å²) in [5.41, 5.74) is 0.619. The fourth-order valence-electron chi connectivity index (χ4n) is 1.48. The van der Waals surface area contributed by atoms with Crippen molar-refractivity contribution in [2.75, 3.05) is 31.4 Å². The minimum Gasteiger partial charge on any atom is -0.374 e. The molecule has 1 aromatic carbocycles. The van der Waals surface area contributed by atoms with Crippen molar-refractivity contribution in [2.24, 2.45) is 0 Å². The van der Waals surface area contributed by atoms with Crippen molar-refractivity contribution in [3.63, 3.8) is 0 Å². The minimum absolute atomic E-state index is 0.160. The molecule has 98 valence electrons. The Kier molecular flexibility index (Phi) is 4.26. The van der Waals surface area contributed by atoms with Crippen LogP contribution in [0.1, 0.15) is 0 Å². The Bertz CT molecular complexity index is 638. The summed E-state index contributed by atoms with van der Waals surface area (Å²) in [5, 5.41) is 3.45. The van der Waals surface area contributed by atoms with Gasteiger partial charge >= 0.3 is 0 Å². The van der Waals surface area contributed by atoms with Crippen LogP contribution in [0, 0.1) is 12.3 Å². The third-order valence-electron chi connectivity index (χ3n) is 2.36. The molecule has 0 atom stereocenters. The van der Waals surface area contributed by atoms with Crippen LogP contribution < -0.4 is 10.6 Å². The lowest BCUT2D eigenvalue weighted by atomic mass is 10.3. The maximum absolute atomic E-state index is 12.2. The summed E-state index contributed by atoms with van der Waals surface area (Å²) in [7, 11) is -5.90. The van der Waals surface area contributed by atoms with Gasteiger partial charge in [0.05, 0.1) is 11.4 Å².